The Kier molecular flexibility index (Phi) is 4.02. The number of nitrogens with one attached hydrogen (secondary N) is 1. The largest absolute Gasteiger partial charge is 0.326 e. The third-order valence-electron chi connectivity index (χ3n) is 3.29. The molecule has 1 aromatic rings. The van der Waals surface area contributed by atoms with Crippen LogP contribution >= 0.6 is 0 Å². The van der Waals surface area contributed by atoms with E-state index in [0.29, 0.717) is 18.9 Å². The van der Waals surface area contributed by atoms with Crippen molar-refractivity contribution in [2.24, 2.45) is 5.73 Å². The Balaban J connectivity index is 2.27. The monoisotopic (exact) mass is 303 g/mol. The maximum Gasteiger partial charge on any atom is 0.272 e. The van der Waals surface area contributed by atoms with Crippen LogP contribution < -0.4 is 10.5 Å². The second-order valence-corrected chi connectivity index (χ2v) is 6.38. The summed E-state index contributed by atoms with van der Waals surface area (Å²) in [7, 11) is -4.08. The van der Waals surface area contributed by atoms with Gasteiger partial charge >= 0.3 is 0 Å². The molecule has 2 rings (SSSR count). The second kappa shape index (κ2) is 5.43. The Hall–Kier alpha value is -1.58. The normalized spacial score (nSPS) is 22.9. The molecule has 0 bridgehead atoms. The van der Waals surface area contributed by atoms with Crippen LogP contribution in [0.3, 0.4) is 0 Å². The van der Waals surface area contributed by atoms with E-state index in [-0.39, 0.29) is 6.04 Å². The molecule has 1 aliphatic rings. The zero-order chi connectivity index (χ0) is 14.9. The minimum Gasteiger partial charge on any atom is -0.326 e. The van der Waals surface area contributed by atoms with Crippen molar-refractivity contribution in [3.63, 3.8) is 0 Å². The number of hydrogen-bond acceptors (Lipinski definition) is 5. The van der Waals surface area contributed by atoms with Crippen molar-refractivity contribution in [1.82, 2.24) is 4.72 Å². The number of rotatable bonds is 4. The summed E-state index contributed by atoms with van der Waals surface area (Å²) in [6.07, 6.45) is 2.10. The molecule has 20 heavy (non-hydrogen) atoms. The summed E-state index contributed by atoms with van der Waals surface area (Å²) in [5.41, 5.74) is 5.26. The van der Waals surface area contributed by atoms with Gasteiger partial charge in [0, 0.05) is 18.2 Å². The van der Waals surface area contributed by atoms with Crippen molar-refractivity contribution >= 4 is 15.7 Å². The van der Waals surface area contributed by atoms with Crippen LogP contribution in [0, 0.1) is 15.9 Å². The first-order chi connectivity index (χ1) is 9.31. The van der Waals surface area contributed by atoms with Crippen molar-refractivity contribution in [3.05, 3.63) is 34.1 Å². The van der Waals surface area contributed by atoms with Crippen LogP contribution in [0.1, 0.15) is 19.3 Å². The highest BCUT2D eigenvalue weighted by molar-refractivity contribution is 7.89. The first kappa shape index (κ1) is 14.8. The molecule has 0 aliphatic heterocycles. The van der Waals surface area contributed by atoms with Gasteiger partial charge < -0.3 is 5.73 Å². The second-order valence-electron chi connectivity index (χ2n) is 4.69. The Morgan fingerprint density at radius 3 is 2.60 bits per heavy atom. The Labute approximate surface area is 115 Å². The highest BCUT2D eigenvalue weighted by Gasteiger charge is 2.30. The SMILES string of the molecule is NC1CCCC1NS(=O)(=O)c1ccc([N+](=O)[O-])cc1F. The van der Waals surface area contributed by atoms with E-state index < -0.39 is 37.4 Å². The zero-order valence-electron chi connectivity index (χ0n) is 10.5. The van der Waals surface area contributed by atoms with Crippen molar-refractivity contribution in [3.8, 4) is 0 Å². The quantitative estimate of drug-likeness (QED) is 0.633. The van der Waals surface area contributed by atoms with E-state index in [2.05, 4.69) is 4.72 Å². The van der Waals surface area contributed by atoms with Crippen LogP contribution in [-0.4, -0.2) is 25.4 Å². The van der Waals surface area contributed by atoms with Gasteiger partial charge in [0.2, 0.25) is 10.0 Å². The third kappa shape index (κ3) is 2.94. The molecule has 0 spiro atoms. The highest BCUT2D eigenvalue weighted by Crippen LogP contribution is 2.23. The summed E-state index contributed by atoms with van der Waals surface area (Å²) in [5.74, 6) is -1.15. The fraction of sp³-hybridized carbons (Fsp3) is 0.455. The van der Waals surface area contributed by atoms with Gasteiger partial charge in [-0.2, -0.15) is 0 Å². The molecule has 0 radical (unpaired) electrons. The van der Waals surface area contributed by atoms with Crippen LogP contribution in [0.5, 0.6) is 0 Å². The van der Waals surface area contributed by atoms with E-state index in [1.165, 1.54) is 0 Å². The molecule has 7 nitrogen and oxygen atoms in total. The fourth-order valence-electron chi connectivity index (χ4n) is 2.22. The molecule has 0 saturated heterocycles. The number of benzene rings is 1. The van der Waals surface area contributed by atoms with E-state index in [4.69, 9.17) is 5.73 Å². The van der Waals surface area contributed by atoms with Gasteiger partial charge in [0.1, 0.15) is 10.7 Å². The van der Waals surface area contributed by atoms with Gasteiger partial charge in [-0.1, -0.05) is 6.42 Å². The average molecular weight is 303 g/mol. The Morgan fingerprint density at radius 2 is 2.10 bits per heavy atom. The molecule has 0 amide bonds. The Bertz CT molecular complexity index is 635. The molecule has 1 aliphatic carbocycles. The molecule has 1 aromatic carbocycles. The number of nitrogens with two attached hydrogens (primary N) is 1. The Morgan fingerprint density at radius 1 is 1.40 bits per heavy atom. The average Bonchev–Trinajstić information content (AvgIpc) is 2.73. The van der Waals surface area contributed by atoms with Crippen LogP contribution in [0.15, 0.2) is 23.1 Å². The van der Waals surface area contributed by atoms with Gasteiger partial charge in [-0.3, -0.25) is 10.1 Å². The summed E-state index contributed by atoms with van der Waals surface area (Å²) in [6, 6.07) is 1.69. The van der Waals surface area contributed by atoms with Crippen LogP contribution in [0.2, 0.25) is 0 Å². The third-order valence-corrected chi connectivity index (χ3v) is 4.81. The van der Waals surface area contributed by atoms with E-state index in [0.717, 1.165) is 18.6 Å². The lowest BCUT2D eigenvalue weighted by molar-refractivity contribution is -0.385. The lowest BCUT2D eigenvalue weighted by atomic mass is 10.2. The number of non-ortho nitro benzene ring substituents is 1. The molecule has 110 valence electrons. The van der Waals surface area contributed by atoms with Crippen LogP contribution in [0.4, 0.5) is 10.1 Å². The van der Waals surface area contributed by atoms with Gasteiger partial charge in [-0.15, -0.1) is 0 Å². The fourth-order valence-corrected chi connectivity index (χ4v) is 3.60. The lowest BCUT2D eigenvalue weighted by Crippen LogP contribution is -2.44. The first-order valence-corrected chi connectivity index (χ1v) is 7.51. The van der Waals surface area contributed by atoms with E-state index in [1.54, 1.807) is 0 Å². The molecule has 2 unspecified atom stereocenters. The molecule has 0 aromatic heterocycles. The summed E-state index contributed by atoms with van der Waals surface area (Å²) < 4.78 is 40.2. The summed E-state index contributed by atoms with van der Waals surface area (Å²) >= 11 is 0. The smallest absolute Gasteiger partial charge is 0.272 e. The molecule has 1 fully saturated rings. The highest BCUT2D eigenvalue weighted by atomic mass is 32.2. The lowest BCUT2D eigenvalue weighted by Gasteiger charge is -2.17. The molecule has 0 heterocycles. The number of hydrogen-bond donors (Lipinski definition) is 2. The maximum absolute atomic E-state index is 13.7. The molecule has 1 saturated carbocycles. The molecular weight excluding hydrogens is 289 g/mol. The van der Waals surface area contributed by atoms with E-state index in [9.17, 15) is 22.9 Å². The number of nitro groups is 1. The van der Waals surface area contributed by atoms with Crippen molar-refractivity contribution < 1.29 is 17.7 Å². The van der Waals surface area contributed by atoms with Gasteiger partial charge in [0.25, 0.3) is 5.69 Å². The first-order valence-electron chi connectivity index (χ1n) is 6.03. The van der Waals surface area contributed by atoms with E-state index in [1.807, 2.05) is 0 Å². The van der Waals surface area contributed by atoms with Gasteiger partial charge in [0.05, 0.1) is 11.0 Å². The standard InChI is InChI=1S/C11H14FN3O4S/c12-8-6-7(15(16)17)4-5-11(8)20(18,19)14-10-3-1-2-9(10)13/h4-6,9-10,14H,1-3,13H2. The molecular formula is C11H14FN3O4S. The minimum absolute atomic E-state index is 0.300. The predicted octanol–water partition coefficient (Wildman–Crippen LogP) is 0.892. The van der Waals surface area contributed by atoms with Gasteiger partial charge in [-0.25, -0.2) is 17.5 Å². The summed E-state index contributed by atoms with van der Waals surface area (Å²) in [5, 5.41) is 10.5. The summed E-state index contributed by atoms with van der Waals surface area (Å²) in [6.45, 7) is 0. The van der Waals surface area contributed by atoms with Crippen molar-refractivity contribution in [2.75, 3.05) is 0 Å². The number of nitrogens with zero attached hydrogens (tertiary/aromatic N) is 1. The van der Waals surface area contributed by atoms with E-state index >= 15 is 0 Å². The van der Waals surface area contributed by atoms with Crippen molar-refractivity contribution in [2.45, 2.75) is 36.2 Å². The maximum atomic E-state index is 13.7. The van der Waals surface area contributed by atoms with Gasteiger partial charge in [0.15, 0.2) is 0 Å². The minimum atomic E-state index is -4.08. The zero-order valence-corrected chi connectivity index (χ0v) is 11.3. The van der Waals surface area contributed by atoms with Crippen LogP contribution in [0.25, 0.3) is 0 Å². The molecule has 3 N–H and O–H groups in total. The molecule has 2 atom stereocenters. The molecule has 9 heteroatoms. The topological polar surface area (TPSA) is 115 Å². The predicted molar refractivity (Wildman–Crippen MR) is 69.0 cm³/mol. The number of halogens is 1. The summed E-state index contributed by atoms with van der Waals surface area (Å²) in [4.78, 5) is 9.09. The van der Waals surface area contributed by atoms with Gasteiger partial charge in [-0.05, 0) is 18.9 Å². The number of nitro benzene ring substituents is 1. The number of sulfonamides is 1. The van der Waals surface area contributed by atoms with Crippen molar-refractivity contribution in [1.29, 1.82) is 0 Å². The van der Waals surface area contributed by atoms with Crippen LogP contribution in [-0.2, 0) is 10.0 Å².